The lowest BCUT2D eigenvalue weighted by atomic mass is 9.91. The summed E-state index contributed by atoms with van der Waals surface area (Å²) in [7, 11) is 1.52. The van der Waals surface area contributed by atoms with Gasteiger partial charge < -0.3 is 15.4 Å². The third-order valence-electron chi connectivity index (χ3n) is 3.53. The van der Waals surface area contributed by atoms with Gasteiger partial charge in [-0.15, -0.1) is 0 Å². The molecule has 1 aromatic rings. The molecule has 21 heavy (non-hydrogen) atoms. The van der Waals surface area contributed by atoms with Gasteiger partial charge >= 0.3 is 0 Å². The number of amides is 1. The first-order valence-corrected chi connectivity index (χ1v) is 7.56. The van der Waals surface area contributed by atoms with Gasteiger partial charge in [0.25, 0.3) is 11.7 Å². The largest absolute Gasteiger partial charge is 0.368 e. The Morgan fingerprint density at radius 1 is 1.43 bits per heavy atom. The van der Waals surface area contributed by atoms with Crippen molar-refractivity contribution >= 4 is 23.4 Å². The van der Waals surface area contributed by atoms with Gasteiger partial charge in [-0.25, -0.2) is 0 Å². The van der Waals surface area contributed by atoms with Gasteiger partial charge in [0.2, 0.25) is 0 Å². The van der Waals surface area contributed by atoms with Crippen LogP contribution in [0.1, 0.15) is 12.8 Å². The van der Waals surface area contributed by atoms with E-state index in [1.54, 1.807) is 24.3 Å². The molecule has 0 radical (unpaired) electrons. The quantitative estimate of drug-likeness (QED) is 0.820. The van der Waals surface area contributed by atoms with E-state index in [2.05, 4.69) is 10.6 Å². The van der Waals surface area contributed by atoms with Crippen molar-refractivity contribution in [1.29, 1.82) is 0 Å². The number of piperidine rings is 1. The maximum atomic E-state index is 12.4. The number of thioether (sulfide) groups is 1. The summed E-state index contributed by atoms with van der Waals surface area (Å²) in [6.45, 7) is 1.42. The summed E-state index contributed by atoms with van der Waals surface area (Å²) in [6, 6.07) is 6.45. The van der Waals surface area contributed by atoms with Crippen molar-refractivity contribution in [3.05, 3.63) is 24.3 Å². The molecule has 0 bridgehead atoms. The molecular formula is C14H18F2N2O2S. The number of benzene rings is 1. The average Bonchev–Trinajstić information content (AvgIpc) is 2.47. The first kappa shape index (κ1) is 16.2. The Kier molecular flexibility index (Phi) is 5.55. The molecule has 1 aliphatic rings. The Balaban J connectivity index is 2.07. The molecule has 1 amide bonds. The highest BCUT2D eigenvalue weighted by Gasteiger charge is 2.39. The predicted octanol–water partition coefficient (Wildman–Crippen LogP) is 2.71. The summed E-state index contributed by atoms with van der Waals surface area (Å²) >= 11 is 0.454. The summed E-state index contributed by atoms with van der Waals surface area (Å²) < 4.78 is 30.2. The Labute approximate surface area is 126 Å². The molecule has 0 unspecified atom stereocenters. The lowest BCUT2D eigenvalue weighted by Crippen LogP contribution is -2.51. The molecule has 1 saturated heterocycles. The summed E-state index contributed by atoms with van der Waals surface area (Å²) in [6.07, 6.45) is 1.17. The SMILES string of the molecule is COC1(C(=O)Nc2cccc(SC(F)F)c2)CCNCC1. The van der Waals surface area contributed by atoms with Crippen LogP contribution in [-0.2, 0) is 9.53 Å². The van der Waals surface area contributed by atoms with Crippen LogP contribution in [0.2, 0.25) is 0 Å². The van der Waals surface area contributed by atoms with E-state index in [4.69, 9.17) is 4.74 Å². The number of methoxy groups -OCH3 is 1. The first-order valence-electron chi connectivity index (χ1n) is 6.68. The number of carbonyl (C=O) groups is 1. The van der Waals surface area contributed by atoms with Gasteiger partial charge in [0.1, 0.15) is 5.60 Å². The van der Waals surface area contributed by atoms with Crippen molar-refractivity contribution in [3.8, 4) is 0 Å². The lowest BCUT2D eigenvalue weighted by Gasteiger charge is -2.34. The normalized spacial score (nSPS) is 17.7. The Hall–Kier alpha value is -1.18. The van der Waals surface area contributed by atoms with E-state index in [9.17, 15) is 13.6 Å². The second-order valence-electron chi connectivity index (χ2n) is 4.81. The molecule has 7 heteroatoms. The topological polar surface area (TPSA) is 50.4 Å². The smallest absolute Gasteiger partial charge is 0.288 e. The summed E-state index contributed by atoms with van der Waals surface area (Å²) in [5.74, 6) is -2.71. The minimum Gasteiger partial charge on any atom is -0.368 e. The van der Waals surface area contributed by atoms with Crippen molar-refractivity contribution < 1.29 is 18.3 Å². The molecule has 2 N–H and O–H groups in total. The minimum atomic E-state index is -2.48. The fraction of sp³-hybridized carbons (Fsp3) is 0.500. The van der Waals surface area contributed by atoms with E-state index in [0.29, 0.717) is 48.3 Å². The molecule has 1 fully saturated rings. The number of rotatable bonds is 5. The molecule has 4 nitrogen and oxygen atoms in total. The maximum Gasteiger partial charge on any atom is 0.288 e. The molecule has 0 atom stereocenters. The monoisotopic (exact) mass is 316 g/mol. The number of alkyl halides is 2. The van der Waals surface area contributed by atoms with Gasteiger partial charge in [-0.3, -0.25) is 4.79 Å². The zero-order chi connectivity index (χ0) is 15.3. The molecule has 0 aliphatic carbocycles. The number of hydrogen-bond acceptors (Lipinski definition) is 4. The van der Waals surface area contributed by atoms with Crippen LogP contribution in [-0.4, -0.2) is 37.5 Å². The standard InChI is InChI=1S/C14H18F2N2O2S/c1-20-14(5-7-17-8-6-14)12(19)18-10-3-2-4-11(9-10)21-13(15)16/h2-4,9,13,17H,5-8H2,1H3,(H,18,19). The molecule has 1 heterocycles. The van der Waals surface area contributed by atoms with Gasteiger partial charge in [0.15, 0.2) is 0 Å². The van der Waals surface area contributed by atoms with Crippen LogP contribution in [0.25, 0.3) is 0 Å². The molecule has 0 aromatic heterocycles. The van der Waals surface area contributed by atoms with Crippen molar-refractivity contribution in [2.75, 3.05) is 25.5 Å². The van der Waals surface area contributed by atoms with Gasteiger partial charge in [0, 0.05) is 17.7 Å². The van der Waals surface area contributed by atoms with E-state index in [-0.39, 0.29) is 5.91 Å². The number of nitrogens with one attached hydrogen (secondary N) is 2. The molecule has 1 aromatic carbocycles. The maximum absolute atomic E-state index is 12.4. The Morgan fingerprint density at radius 2 is 2.14 bits per heavy atom. The highest BCUT2D eigenvalue weighted by Crippen LogP contribution is 2.29. The predicted molar refractivity (Wildman–Crippen MR) is 78.8 cm³/mol. The molecule has 1 aliphatic heterocycles. The van der Waals surface area contributed by atoms with E-state index in [1.165, 1.54) is 7.11 Å². The van der Waals surface area contributed by atoms with Crippen molar-refractivity contribution in [2.45, 2.75) is 29.1 Å². The second kappa shape index (κ2) is 7.20. The first-order chi connectivity index (χ1) is 10.1. The summed E-state index contributed by atoms with van der Waals surface area (Å²) in [4.78, 5) is 12.9. The highest BCUT2D eigenvalue weighted by atomic mass is 32.2. The van der Waals surface area contributed by atoms with Crippen LogP contribution in [0.15, 0.2) is 29.2 Å². The van der Waals surface area contributed by atoms with Crippen LogP contribution in [0.4, 0.5) is 14.5 Å². The third-order valence-corrected chi connectivity index (χ3v) is 4.24. The van der Waals surface area contributed by atoms with E-state index < -0.39 is 11.4 Å². The highest BCUT2D eigenvalue weighted by molar-refractivity contribution is 7.99. The number of halogens is 2. The van der Waals surface area contributed by atoms with Crippen LogP contribution in [0.3, 0.4) is 0 Å². The number of hydrogen-bond donors (Lipinski definition) is 2. The summed E-state index contributed by atoms with van der Waals surface area (Å²) in [5.41, 5.74) is -0.350. The van der Waals surface area contributed by atoms with Gasteiger partial charge in [-0.05, 0) is 44.1 Å². The fourth-order valence-electron chi connectivity index (χ4n) is 2.35. The van der Waals surface area contributed by atoms with E-state index in [1.807, 2.05) is 0 Å². The van der Waals surface area contributed by atoms with Gasteiger partial charge in [0.05, 0.1) is 0 Å². The zero-order valence-electron chi connectivity index (χ0n) is 11.7. The molecule has 0 spiro atoms. The van der Waals surface area contributed by atoms with Crippen molar-refractivity contribution in [1.82, 2.24) is 5.32 Å². The lowest BCUT2D eigenvalue weighted by molar-refractivity contribution is -0.140. The molecule has 2 rings (SSSR count). The van der Waals surface area contributed by atoms with Crippen molar-refractivity contribution in [3.63, 3.8) is 0 Å². The molecule has 116 valence electrons. The number of anilines is 1. The molecular weight excluding hydrogens is 298 g/mol. The van der Waals surface area contributed by atoms with Gasteiger partial charge in [-0.1, -0.05) is 17.8 Å². The fourth-order valence-corrected chi connectivity index (χ4v) is 2.91. The zero-order valence-corrected chi connectivity index (χ0v) is 12.5. The summed E-state index contributed by atoms with van der Waals surface area (Å²) in [5, 5.41) is 5.94. The average molecular weight is 316 g/mol. The Bertz CT molecular complexity index is 494. The van der Waals surface area contributed by atoms with E-state index in [0.717, 1.165) is 0 Å². The van der Waals surface area contributed by atoms with Crippen LogP contribution in [0, 0.1) is 0 Å². The molecule has 0 saturated carbocycles. The van der Waals surface area contributed by atoms with Crippen molar-refractivity contribution in [2.24, 2.45) is 0 Å². The Morgan fingerprint density at radius 3 is 2.76 bits per heavy atom. The minimum absolute atomic E-state index is 0.231. The van der Waals surface area contributed by atoms with E-state index >= 15 is 0 Å². The van der Waals surface area contributed by atoms with Crippen LogP contribution >= 0.6 is 11.8 Å². The van der Waals surface area contributed by atoms with Crippen LogP contribution in [0.5, 0.6) is 0 Å². The third kappa shape index (κ3) is 4.15. The second-order valence-corrected chi connectivity index (χ2v) is 5.87. The number of ether oxygens (including phenoxy) is 1. The van der Waals surface area contributed by atoms with Gasteiger partial charge in [-0.2, -0.15) is 8.78 Å². The number of carbonyl (C=O) groups excluding carboxylic acids is 1. The van der Waals surface area contributed by atoms with Crippen LogP contribution < -0.4 is 10.6 Å².